The number of hydrogen-bond donors (Lipinski definition) is 2. The van der Waals surface area contributed by atoms with Crippen LogP contribution in [0.15, 0.2) is 53.5 Å². The Hall–Kier alpha value is -3.24. The largest absolute Gasteiger partial charge is 0.355 e. The van der Waals surface area contributed by atoms with Gasteiger partial charge in [0.2, 0.25) is 12.2 Å². The molecular weight excluding hydrogens is 405 g/mol. The van der Waals surface area contributed by atoms with E-state index in [2.05, 4.69) is 20.5 Å². The summed E-state index contributed by atoms with van der Waals surface area (Å²) >= 11 is 0. The molecule has 3 rings (SSSR count). The quantitative estimate of drug-likeness (QED) is 0.213. The van der Waals surface area contributed by atoms with E-state index in [1.165, 1.54) is 24.6 Å². The molecule has 0 amide bonds. The van der Waals surface area contributed by atoms with Gasteiger partial charge >= 0.3 is 0 Å². The maximum Gasteiger partial charge on any atom is 0.211 e. The third-order valence-corrected chi connectivity index (χ3v) is 5.78. The van der Waals surface area contributed by atoms with Crippen molar-refractivity contribution in [2.75, 3.05) is 31.5 Å². The van der Waals surface area contributed by atoms with Gasteiger partial charge in [0.25, 0.3) is 0 Å². The highest BCUT2D eigenvalue weighted by Gasteiger charge is 2.19. The first-order chi connectivity index (χ1) is 15.5. The van der Waals surface area contributed by atoms with Crippen molar-refractivity contribution < 1.29 is 9.18 Å². The smallest absolute Gasteiger partial charge is 0.211 e. The molecule has 1 fully saturated rings. The van der Waals surface area contributed by atoms with Crippen LogP contribution < -0.4 is 10.6 Å². The van der Waals surface area contributed by atoms with E-state index in [0.717, 1.165) is 45.3 Å². The topological polar surface area (TPSA) is 80.5 Å². The van der Waals surface area contributed by atoms with Crippen molar-refractivity contribution in [1.29, 1.82) is 5.26 Å². The Balaban J connectivity index is 1.37. The van der Waals surface area contributed by atoms with Crippen LogP contribution in [0.3, 0.4) is 0 Å². The number of anilines is 1. The van der Waals surface area contributed by atoms with E-state index >= 15 is 0 Å². The van der Waals surface area contributed by atoms with Gasteiger partial charge in [0, 0.05) is 17.8 Å². The summed E-state index contributed by atoms with van der Waals surface area (Å²) in [5.74, 6) is 0.840. The summed E-state index contributed by atoms with van der Waals surface area (Å²) in [6.07, 6.45) is 6.06. The zero-order valence-corrected chi connectivity index (χ0v) is 18.5. The van der Waals surface area contributed by atoms with E-state index in [1.54, 1.807) is 18.2 Å². The van der Waals surface area contributed by atoms with Gasteiger partial charge < -0.3 is 15.5 Å². The van der Waals surface area contributed by atoms with Crippen LogP contribution in [-0.4, -0.2) is 42.8 Å². The van der Waals surface area contributed by atoms with Crippen LogP contribution in [0.2, 0.25) is 0 Å². The predicted octanol–water partition coefficient (Wildman–Crippen LogP) is 4.21. The Labute approximate surface area is 189 Å². The van der Waals surface area contributed by atoms with Crippen LogP contribution in [0.25, 0.3) is 0 Å². The molecule has 0 aliphatic carbocycles. The zero-order chi connectivity index (χ0) is 22.8. The Bertz CT molecular complexity index is 959. The van der Waals surface area contributed by atoms with Crippen molar-refractivity contribution >= 4 is 17.4 Å². The second-order valence-electron chi connectivity index (χ2n) is 8.22. The van der Waals surface area contributed by atoms with E-state index in [-0.39, 0.29) is 11.6 Å². The van der Waals surface area contributed by atoms with E-state index in [9.17, 15) is 9.18 Å². The molecule has 168 valence electrons. The number of benzene rings is 2. The molecule has 32 heavy (non-hydrogen) atoms. The van der Waals surface area contributed by atoms with E-state index in [1.807, 2.05) is 24.4 Å². The third kappa shape index (κ3) is 7.47. The lowest BCUT2D eigenvalue weighted by Gasteiger charge is -2.32. The van der Waals surface area contributed by atoms with Crippen molar-refractivity contribution in [3.05, 3.63) is 65.5 Å². The number of nitriles is 1. The summed E-state index contributed by atoms with van der Waals surface area (Å²) in [4.78, 5) is 17.8. The van der Waals surface area contributed by atoms with Crippen LogP contribution in [0.1, 0.15) is 42.1 Å². The molecule has 1 aliphatic rings. The third-order valence-electron chi connectivity index (χ3n) is 5.78. The summed E-state index contributed by atoms with van der Waals surface area (Å²) in [6, 6.07) is 14.0. The Kier molecular flexibility index (Phi) is 8.76. The maximum atomic E-state index is 13.1. The number of rotatable bonds is 8. The molecule has 1 heterocycles. The fourth-order valence-corrected chi connectivity index (χ4v) is 3.99. The Morgan fingerprint density at radius 2 is 1.97 bits per heavy atom. The van der Waals surface area contributed by atoms with Crippen LogP contribution >= 0.6 is 0 Å². The molecule has 0 atom stereocenters. The zero-order valence-electron chi connectivity index (χ0n) is 18.5. The molecular formula is C25H30FN5O. The first kappa shape index (κ1) is 23.4. The van der Waals surface area contributed by atoms with Gasteiger partial charge in [0.1, 0.15) is 5.82 Å². The van der Waals surface area contributed by atoms with Crippen LogP contribution in [0, 0.1) is 23.2 Å². The van der Waals surface area contributed by atoms with Crippen molar-refractivity contribution in [3.63, 3.8) is 0 Å². The van der Waals surface area contributed by atoms with E-state index < -0.39 is 0 Å². The first-order valence-corrected chi connectivity index (χ1v) is 11.1. The number of nitrogens with zero attached hydrogens (tertiary/aromatic N) is 3. The summed E-state index contributed by atoms with van der Waals surface area (Å²) < 4.78 is 13.1. The van der Waals surface area contributed by atoms with Crippen LogP contribution in [0.4, 0.5) is 10.1 Å². The first-order valence-electron chi connectivity index (χ1n) is 11.1. The number of Topliss-reactive ketones (excluding diaryl/α,β-unsaturated/α-hetero) is 1. The fourth-order valence-electron chi connectivity index (χ4n) is 3.99. The summed E-state index contributed by atoms with van der Waals surface area (Å²) in [6.45, 7) is 5.33. The number of carbonyl (C=O) groups excluding carboxylic acids is 1. The van der Waals surface area contributed by atoms with Crippen molar-refractivity contribution in [1.82, 2.24) is 10.2 Å². The standard InChI is InChI=1S/C25H30FN5O/c1-19(32)22-4-2-5-24(17-22)30-25(29-18-27)28-12-3-13-31-14-10-21(11-15-31)16-20-6-8-23(26)9-7-20/h2,4-9,17,21H,3,10-16H2,1H3,(H2,28,29,30). The number of carbonyl (C=O) groups is 1. The van der Waals surface area contributed by atoms with Gasteiger partial charge in [-0.25, -0.2) is 4.39 Å². The molecule has 0 saturated carbocycles. The number of piperidine rings is 1. The highest BCUT2D eigenvalue weighted by Crippen LogP contribution is 2.22. The van der Waals surface area contributed by atoms with E-state index in [0.29, 0.717) is 29.7 Å². The van der Waals surface area contributed by atoms with Gasteiger partial charge in [0.15, 0.2) is 5.78 Å². The molecule has 0 unspecified atom stereocenters. The van der Waals surface area contributed by atoms with Gasteiger partial charge in [-0.2, -0.15) is 5.26 Å². The van der Waals surface area contributed by atoms with Gasteiger partial charge in [-0.05, 0) is 88.0 Å². The number of guanidine groups is 1. The van der Waals surface area contributed by atoms with E-state index in [4.69, 9.17) is 5.26 Å². The lowest BCUT2D eigenvalue weighted by molar-refractivity contribution is 0.101. The summed E-state index contributed by atoms with van der Waals surface area (Å²) in [5, 5.41) is 15.2. The maximum absolute atomic E-state index is 13.1. The summed E-state index contributed by atoms with van der Waals surface area (Å²) in [7, 11) is 0. The van der Waals surface area contributed by atoms with Crippen molar-refractivity contribution in [2.45, 2.75) is 32.6 Å². The summed E-state index contributed by atoms with van der Waals surface area (Å²) in [5.41, 5.74) is 2.52. The minimum atomic E-state index is -0.181. The molecule has 2 aromatic rings. The number of aliphatic imine (C=N–C) groups is 1. The predicted molar refractivity (Wildman–Crippen MR) is 125 cm³/mol. The number of ketones is 1. The van der Waals surface area contributed by atoms with Crippen molar-refractivity contribution in [2.24, 2.45) is 10.9 Å². The average Bonchev–Trinajstić information content (AvgIpc) is 2.79. The SMILES string of the molecule is CC(=O)c1cccc(NC(=NC#N)NCCCN2CCC(Cc3ccc(F)cc3)CC2)c1. The molecule has 2 aromatic carbocycles. The second-order valence-corrected chi connectivity index (χ2v) is 8.22. The lowest BCUT2D eigenvalue weighted by atomic mass is 9.90. The Morgan fingerprint density at radius 3 is 2.66 bits per heavy atom. The van der Waals surface area contributed by atoms with Gasteiger partial charge in [-0.3, -0.25) is 4.79 Å². The monoisotopic (exact) mass is 435 g/mol. The fraction of sp³-hybridized carbons (Fsp3) is 0.400. The molecule has 0 aromatic heterocycles. The number of nitrogens with one attached hydrogen (secondary N) is 2. The molecule has 0 radical (unpaired) electrons. The molecule has 6 nitrogen and oxygen atoms in total. The van der Waals surface area contributed by atoms with Crippen LogP contribution in [0.5, 0.6) is 0 Å². The minimum Gasteiger partial charge on any atom is -0.355 e. The molecule has 7 heteroatoms. The number of halogens is 1. The van der Waals surface area contributed by atoms with Gasteiger partial charge in [-0.1, -0.05) is 24.3 Å². The molecule has 0 bridgehead atoms. The highest BCUT2D eigenvalue weighted by atomic mass is 19.1. The minimum absolute atomic E-state index is 0.0122. The number of likely N-dealkylation sites (tertiary alicyclic amines) is 1. The average molecular weight is 436 g/mol. The molecule has 1 aliphatic heterocycles. The normalized spacial score (nSPS) is 15.2. The lowest BCUT2D eigenvalue weighted by Crippen LogP contribution is -2.37. The van der Waals surface area contributed by atoms with Gasteiger partial charge in [0.05, 0.1) is 0 Å². The number of hydrogen-bond acceptors (Lipinski definition) is 4. The van der Waals surface area contributed by atoms with Crippen LogP contribution in [-0.2, 0) is 6.42 Å². The second kappa shape index (κ2) is 12.0. The molecule has 1 saturated heterocycles. The molecule has 2 N–H and O–H groups in total. The Morgan fingerprint density at radius 1 is 1.22 bits per heavy atom. The van der Waals surface area contributed by atoms with Gasteiger partial charge in [-0.15, -0.1) is 4.99 Å². The van der Waals surface area contributed by atoms with Crippen molar-refractivity contribution in [3.8, 4) is 6.19 Å². The molecule has 0 spiro atoms. The highest BCUT2D eigenvalue weighted by molar-refractivity contribution is 5.98.